The normalized spacial score (nSPS) is 11.6. The largest absolute Gasteiger partial charge is 0.433 e. The zero-order valence-corrected chi connectivity index (χ0v) is 14.0. The fourth-order valence-corrected chi connectivity index (χ4v) is 2.20. The second kappa shape index (κ2) is 6.67. The number of nitrogens with one attached hydrogen (secondary N) is 2. The molecule has 4 nitrogen and oxygen atoms in total. The Morgan fingerprint density at radius 1 is 1.14 bits per heavy atom. The predicted molar refractivity (Wildman–Crippen MR) is 88.2 cm³/mol. The van der Waals surface area contributed by atoms with Gasteiger partial charge in [-0.05, 0) is 48.6 Å². The lowest BCUT2D eigenvalue weighted by atomic mass is 10.3. The number of rotatable bonds is 4. The number of para-hydroxylation sites is 1. The van der Waals surface area contributed by atoms with Crippen molar-refractivity contribution < 1.29 is 13.2 Å². The van der Waals surface area contributed by atoms with Crippen LogP contribution in [0.1, 0.15) is 19.5 Å². The van der Waals surface area contributed by atoms with Crippen LogP contribution >= 0.6 is 22.6 Å². The van der Waals surface area contributed by atoms with Gasteiger partial charge in [0.2, 0.25) is 5.95 Å². The van der Waals surface area contributed by atoms with E-state index in [0.29, 0.717) is 5.69 Å². The lowest BCUT2D eigenvalue weighted by Crippen LogP contribution is -2.17. The third kappa shape index (κ3) is 4.46. The summed E-state index contributed by atoms with van der Waals surface area (Å²) in [5.74, 6) is 0.0351. The summed E-state index contributed by atoms with van der Waals surface area (Å²) in [7, 11) is 0. The molecule has 0 atom stereocenters. The molecule has 1 aromatic carbocycles. The second-order valence-corrected chi connectivity index (χ2v) is 6.03. The monoisotopic (exact) mass is 422 g/mol. The van der Waals surface area contributed by atoms with Crippen molar-refractivity contribution in [1.82, 2.24) is 9.97 Å². The number of alkyl halides is 3. The molecule has 1 heterocycles. The van der Waals surface area contributed by atoms with E-state index in [1.54, 1.807) is 26.0 Å². The van der Waals surface area contributed by atoms with Crippen molar-refractivity contribution in [2.24, 2.45) is 0 Å². The van der Waals surface area contributed by atoms with Crippen LogP contribution in [0.4, 0.5) is 30.6 Å². The van der Waals surface area contributed by atoms with Crippen molar-refractivity contribution in [2.75, 3.05) is 10.6 Å². The summed E-state index contributed by atoms with van der Waals surface area (Å²) in [4.78, 5) is 7.61. The van der Waals surface area contributed by atoms with Gasteiger partial charge < -0.3 is 10.6 Å². The molecule has 0 saturated carbocycles. The zero-order valence-electron chi connectivity index (χ0n) is 11.9. The molecule has 118 valence electrons. The number of benzene rings is 1. The second-order valence-electron chi connectivity index (χ2n) is 4.86. The first kappa shape index (κ1) is 16.8. The van der Waals surface area contributed by atoms with Gasteiger partial charge in [-0.15, -0.1) is 0 Å². The highest BCUT2D eigenvalue weighted by molar-refractivity contribution is 14.1. The Labute approximate surface area is 139 Å². The third-order valence-corrected chi connectivity index (χ3v) is 3.51. The molecule has 22 heavy (non-hydrogen) atoms. The molecule has 0 fully saturated rings. The molecular weight excluding hydrogens is 408 g/mol. The highest BCUT2D eigenvalue weighted by Crippen LogP contribution is 2.31. The lowest BCUT2D eigenvalue weighted by molar-refractivity contribution is -0.141. The highest BCUT2D eigenvalue weighted by atomic mass is 127. The number of hydrogen-bond acceptors (Lipinski definition) is 4. The van der Waals surface area contributed by atoms with Gasteiger partial charge in [0.1, 0.15) is 5.82 Å². The summed E-state index contributed by atoms with van der Waals surface area (Å²) in [5, 5.41) is 5.69. The van der Waals surface area contributed by atoms with Crippen molar-refractivity contribution in [3.63, 3.8) is 0 Å². The Bertz CT molecular complexity index is 659. The van der Waals surface area contributed by atoms with E-state index in [4.69, 9.17) is 0 Å². The van der Waals surface area contributed by atoms with Crippen molar-refractivity contribution in [3.8, 4) is 0 Å². The average Bonchev–Trinajstić information content (AvgIpc) is 2.39. The van der Waals surface area contributed by atoms with E-state index in [1.165, 1.54) is 0 Å². The van der Waals surface area contributed by atoms with E-state index in [2.05, 4.69) is 43.2 Å². The Morgan fingerprint density at radius 3 is 2.41 bits per heavy atom. The Hall–Kier alpha value is -1.58. The van der Waals surface area contributed by atoms with Crippen LogP contribution in [0.3, 0.4) is 0 Å². The smallest absolute Gasteiger partial charge is 0.352 e. The molecule has 0 aliphatic heterocycles. The van der Waals surface area contributed by atoms with Crippen molar-refractivity contribution >= 4 is 40.0 Å². The van der Waals surface area contributed by atoms with Gasteiger partial charge in [0.25, 0.3) is 0 Å². The van der Waals surface area contributed by atoms with Crippen LogP contribution in [0, 0.1) is 3.57 Å². The van der Waals surface area contributed by atoms with E-state index in [1.807, 2.05) is 12.1 Å². The maximum Gasteiger partial charge on any atom is 0.433 e. The summed E-state index contributed by atoms with van der Waals surface area (Å²) in [6, 6.07) is 8.08. The minimum Gasteiger partial charge on any atom is -0.352 e. The van der Waals surface area contributed by atoms with Crippen molar-refractivity contribution in [2.45, 2.75) is 26.1 Å². The fourth-order valence-electron chi connectivity index (χ4n) is 1.68. The minimum absolute atomic E-state index is 0.0572. The Kier molecular flexibility index (Phi) is 5.09. The molecule has 0 amide bonds. The number of nitrogens with zero attached hydrogens (tertiary/aromatic N) is 2. The van der Waals surface area contributed by atoms with Crippen LogP contribution < -0.4 is 10.6 Å². The molecule has 0 aliphatic carbocycles. The van der Waals surface area contributed by atoms with Gasteiger partial charge in [0.05, 0.1) is 5.69 Å². The first-order valence-corrected chi connectivity index (χ1v) is 7.58. The molecule has 0 spiro atoms. The highest BCUT2D eigenvalue weighted by Gasteiger charge is 2.33. The fraction of sp³-hybridized carbons (Fsp3) is 0.286. The predicted octanol–water partition coefficient (Wildman–Crippen LogP) is 4.66. The quantitative estimate of drug-likeness (QED) is 0.704. The van der Waals surface area contributed by atoms with Gasteiger partial charge >= 0.3 is 6.18 Å². The number of halogens is 4. The molecule has 2 rings (SSSR count). The summed E-state index contributed by atoms with van der Waals surface area (Å²) >= 11 is 2.10. The van der Waals surface area contributed by atoms with Crippen LogP contribution in [0.15, 0.2) is 30.3 Å². The van der Waals surface area contributed by atoms with Gasteiger partial charge in [0, 0.05) is 15.7 Å². The van der Waals surface area contributed by atoms with Gasteiger partial charge in [0.15, 0.2) is 5.69 Å². The van der Waals surface area contributed by atoms with Crippen molar-refractivity contribution in [1.29, 1.82) is 0 Å². The maximum absolute atomic E-state index is 13.0. The van der Waals surface area contributed by atoms with E-state index >= 15 is 0 Å². The summed E-state index contributed by atoms with van der Waals surface area (Å²) in [5.41, 5.74) is -0.301. The third-order valence-electron chi connectivity index (χ3n) is 2.57. The molecule has 8 heteroatoms. The van der Waals surface area contributed by atoms with Gasteiger partial charge in [-0.1, -0.05) is 12.1 Å². The molecule has 0 unspecified atom stereocenters. The standard InChI is InChI=1S/C14H14F3IN4/c1-8(2)19-13-21-11(14(15,16)17)7-12(22-13)20-10-6-4-3-5-9(10)18/h3-8H,1-2H3,(H2,19,20,21,22). The Morgan fingerprint density at radius 2 is 1.82 bits per heavy atom. The maximum atomic E-state index is 13.0. The van der Waals surface area contributed by atoms with Crippen LogP contribution in [-0.4, -0.2) is 16.0 Å². The molecule has 0 radical (unpaired) electrons. The molecule has 0 bridgehead atoms. The first-order valence-electron chi connectivity index (χ1n) is 6.50. The van der Waals surface area contributed by atoms with Crippen LogP contribution in [0.5, 0.6) is 0 Å². The number of hydrogen-bond donors (Lipinski definition) is 2. The van der Waals surface area contributed by atoms with E-state index in [9.17, 15) is 13.2 Å². The minimum atomic E-state index is -4.53. The van der Waals surface area contributed by atoms with Gasteiger partial charge in [-0.25, -0.2) is 4.98 Å². The van der Waals surface area contributed by atoms with Crippen LogP contribution in [0.2, 0.25) is 0 Å². The van der Waals surface area contributed by atoms with Crippen molar-refractivity contribution in [3.05, 3.63) is 39.6 Å². The lowest BCUT2D eigenvalue weighted by Gasteiger charge is -2.14. The molecule has 2 N–H and O–H groups in total. The Balaban J connectivity index is 2.39. The summed E-state index contributed by atoms with van der Waals surface area (Å²) in [6.45, 7) is 3.60. The average molecular weight is 422 g/mol. The van der Waals surface area contributed by atoms with Gasteiger partial charge in [-0.3, -0.25) is 0 Å². The zero-order chi connectivity index (χ0) is 16.3. The number of anilines is 3. The first-order chi connectivity index (χ1) is 10.3. The molecule has 0 saturated heterocycles. The molecule has 2 aromatic rings. The number of aromatic nitrogens is 2. The summed E-state index contributed by atoms with van der Waals surface area (Å²) in [6.07, 6.45) is -4.53. The molecular formula is C14H14F3IN4. The molecule has 1 aromatic heterocycles. The van der Waals surface area contributed by atoms with Gasteiger partial charge in [-0.2, -0.15) is 18.2 Å². The topological polar surface area (TPSA) is 49.8 Å². The van der Waals surface area contributed by atoms with Crippen LogP contribution in [0.25, 0.3) is 0 Å². The summed E-state index contributed by atoms with van der Waals surface area (Å²) < 4.78 is 39.7. The van der Waals surface area contributed by atoms with E-state index < -0.39 is 11.9 Å². The van der Waals surface area contributed by atoms with E-state index in [0.717, 1.165) is 9.64 Å². The SMILES string of the molecule is CC(C)Nc1nc(Nc2ccccc2I)cc(C(F)(F)F)n1. The van der Waals surface area contributed by atoms with Crippen LogP contribution in [-0.2, 0) is 6.18 Å². The molecule has 0 aliphatic rings. The van der Waals surface area contributed by atoms with E-state index in [-0.39, 0.29) is 17.8 Å².